The quantitative estimate of drug-likeness (QED) is 0.567. The minimum Gasteiger partial charge on any atom is -0.383 e. The van der Waals surface area contributed by atoms with Crippen LogP contribution in [0.3, 0.4) is 0 Å². The van der Waals surface area contributed by atoms with Crippen LogP contribution in [0, 0.1) is 11.6 Å². The van der Waals surface area contributed by atoms with Crippen LogP contribution in [-0.4, -0.2) is 51.5 Å². The summed E-state index contributed by atoms with van der Waals surface area (Å²) in [5.74, 6) is -2.29. The predicted molar refractivity (Wildman–Crippen MR) is 132 cm³/mol. The highest BCUT2D eigenvalue weighted by atomic mass is 19.2. The summed E-state index contributed by atoms with van der Waals surface area (Å²) in [5.41, 5.74) is 4.63. The van der Waals surface area contributed by atoms with Crippen molar-refractivity contribution in [2.24, 2.45) is 0 Å². The van der Waals surface area contributed by atoms with Gasteiger partial charge in [0.15, 0.2) is 11.6 Å². The molecule has 192 valence electrons. The average molecular weight is 506 g/mol. The number of aliphatic hydroxyl groups is 1. The van der Waals surface area contributed by atoms with Crippen LogP contribution in [0.4, 0.5) is 8.78 Å². The molecule has 2 aromatic carbocycles. The van der Waals surface area contributed by atoms with Gasteiger partial charge >= 0.3 is 0 Å². The molecule has 2 atom stereocenters. The Morgan fingerprint density at radius 1 is 1.03 bits per heavy atom. The van der Waals surface area contributed by atoms with Crippen molar-refractivity contribution < 1.29 is 23.4 Å². The van der Waals surface area contributed by atoms with Crippen LogP contribution < -0.4 is 0 Å². The van der Waals surface area contributed by atoms with Gasteiger partial charge in [0.2, 0.25) is 0 Å². The first-order valence-electron chi connectivity index (χ1n) is 12.8. The average Bonchev–Trinajstić information content (AvgIpc) is 3.44. The van der Waals surface area contributed by atoms with E-state index in [0.29, 0.717) is 25.1 Å². The van der Waals surface area contributed by atoms with Crippen molar-refractivity contribution in [1.82, 2.24) is 14.8 Å². The molecule has 0 unspecified atom stereocenters. The van der Waals surface area contributed by atoms with Gasteiger partial charge in [-0.05, 0) is 59.7 Å². The zero-order valence-corrected chi connectivity index (χ0v) is 20.4. The van der Waals surface area contributed by atoms with Gasteiger partial charge in [0.05, 0.1) is 18.2 Å². The van der Waals surface area contributed by atoms with Gasteiger partial charge in [-0.2, -0.15) is 0 Å². The Kier molecular flexibility index (Phi) is 6.26. The van der Waals surface area contributed by atoms with Crippen molar-refractivity contribution in [2.45, 2.75) is 50.2 Å². The number of carbonyl (C=O) groups excluding carboxylic acids is 1. The number of fused-ring (bicyclic) bond motifs is 2. The number of piperidine rings is 1. The highest BCUT2D eigenvalue weighted by Gasteiger charge is 2.42. The first-order chi connectivity index (χ1) is 17.9. The number of benzene rings is 2. The number of amides is 1. The van der Waals surface area contributed by atoms with Crippen LogP contribution in [0.15, 0.2) is 60.9 Å². The van der Waals surface area contributed by atoms with Crippen molar-refractivity contribution in [3.8, 4) is 0 Å². The first kappa shape index (κ1) is 24.2. The van der Waals surface area contributed by atoms with E-state index in [9.17, 15) is 18.7 Å². The number of rotatable bonds is 5. The van der Waals surface area contributed by atoms with Gasteiger partial charge in [-0.3, -0.25) is 14.7 Å². The fourth-order valence-electron chi connectivity index (χ4n) is 5.98. The second-order valence-electron chi connectivity index (χ2n) is 10.2. The maximum atomic E-state index is 14.1. The molecule has 0 aliphatic carbocycles. The lowest BCUT2D eigenvalue weighted by atomic mass is 9.84. The molecule has 0 radical (unpaired) electrons. The maximum Gasteiger partial charge on any atom is 0.252 e. The standard InChI is InChI=1S/C29H29F2N3O3/c30-24-6-5-21(15-25(24)31)27(34-12-8-26(35)28(34)36)20-3-1-19(2-4-20)17-33-13-9-29(10-14-33)23-16-32-11-7-22(23)18-37-29/h1-7,11,15-16,26-27,35H,8-10,12-14,17-18H2/t26-,27-/m0/s1. The number of halogens is 2. The molecule has 8 heteroatoms. The molecule has 37 heavy (non-hydrogen) atoms. The molecule has 2 saturated heterocycles. The second kappa shape index (κ2) is 9.59. The van der Waals surface area contributed by atoms with E-state index in [-0.39, 0.29) is 5.60 Å². The van der Waals surface area contributed by atoms with Crippen LogP contribution >= 0.6 is 0 Å². The number of hydrogen-bond acceptors (Lipinski definition) is 5. The fraction of sp³-hybridized carbons (Fsp3) is 0.379. The third kappa shape index (κ3) is 4.43. The molecule has 1 aromatic heterocycles. The summed E-state index contributed by atoms with van der Waals surface area (Å²) in [6.07, 6.45) is 4.85. The summed E-state index contributed by atoms with van der Waals surface area (Å²) in [5, 5.41) is 10.0. The Morgan fingerprint density at radius 3 is 2.49 bits per heavy atom. The summed E-state index contributed by atoms with van der Waals surface area (Å²) in [4.78, 5) is 20.9. The van der Waals surface area contributed by atoms with Gasteiger partial charge in [-0.1, -0.05) is 30.3 Å². The monoisotopic (exact) mass is 505 g/mol. The lowest BCUT2D eigenvalue weighted by Crippen LogP contribution is -2.42. The molecule has 2 fully saturated rings. The Labute approximate surface area is 214 Å². The number of nitrogens with zero attached hydrogens (tertiary/aromatic N) is 3. The smallest absolute Gasteiger partial charge is 0.252 e. The molecule has 6 nitrogen and oxygen atoms in total. The van der Waals surface area contributed by atoms with Crippen LogP contribution in [-0.2, 0) is 28.3 Å². The molecule has 1 spiro atoms. The van der Waals surface area contributed by atoms with E-state index in [4.69, 9.17) is 4.74 Å². The number of aliphatic hydroxyl groups excluding tert-OH is 1. The van der Waals surface area contributed by atoms with E-state index >= 15 is 0 Å². The van der Waals surface area contributed by atoms with Gasteiger partial charge in [0, 0.05) is 44.1 Å². The van der Waals surface area contributed by atoms with Crippen LogP contribution in [0.25, 0.3) is 0 Å². The predicted octanol–water partition coefficient (Wildman–Crippen LogP) is 4.06. The SMILES string of the molecule is O=C1[C@@H](O)CCN1[C@@H](c1ccc(CN2CCC3(CC2)OCc2ccncc23)cc1)c1ccc(F)c(F)c1. The molecule has 0 bridgehead atoms. The molecule has 3 aliphatic heterocycles. The van der Waals surface area contributed by atoms with Crippen molar-refractivity contribution in [2.75, 3.05) is 19.6 Å². The third-order valence-electron chi connectivity index (χ3n) is 8.05. The molecule has 4 heterocycles. The Bertz CT molecular complexity index is 1310. The second-order valence-corrected chi connectivity index (χ2v) is 10.2. The molecule has 1 amide bonds. The summed E-state index contributed by atoms with van der Waals surface area (Å²) in [7, 11) is 0. The molecular formula is C29H29F2N3O3. The number of carbonyl (C=O) groups is 1. The van der Waals surface area contributed by atoms with E-state index in [1.807, 2.05) is 42.7 Å². The minimum atomic E-state index is -1.07. The van der Waals surface area contributed by atoms with Crippen LogP contribution in [0.1, 0.15) is 53.1 Å². The number of likely N-dealkylation sites (tertiary alicyclic amines) is 2. The number of aromatic nitrogens is 1. The summed E-state index contributed by atoms with van der Waals surface area (Å²) in [6, 6.07) is 13.1. The van der Waals surface area contributed by atoms with E-state index in [1.165, 1.54) is 17.2 Å². The molecule has 3 aromatic rings. The molecule has 0 saturated carbocycles. The first-order valence-corrected chi connectivity index (χ1v) is 12.8. The van der Waals surface area contributed by atoms with E-state index < -0.39 is 29.7 Å². The fourth-order valence-corrected chi connectivity index (χ4v) is 5.98. The number of ether oxygens (including phenoxy) is 1. The van der Waals surface area contributed by atoms with Crippen LogP contribution in [0.2, 0.25) is 0 Å². The maximum absolute atomic E-state index is 14.1. The lowest BCUT2D eigenvalue weighted by Gasteiger charge is -2.39. The lowest BCUT2D eigenvalue weighted by molar-refractivity contribution is -0.135. The normalized spacial score (nSPS) is 22.0. The number of hydrogen-bond donors (Lipinski definition) is 1. The molecule has 1 N–H and O–H groups in total. The highest BCUT2D eigenvalue weighted by Crippen LogP contribution is 2.44. The molecular weight excluding hydrogens is 476 g/mol. The van der Waals surface area contributed by atoms with E-state index in [2.05, 4.69) is 9.88 Å². The van der Waals surface area contributed by atoms with Crippen molar-refractivity contribution >= 4 is 5.91 Å². The van der Waals surface area contributed by atoms with Gasteiger partial charge in [0.1, 0.15) is 6.10 Å². The van der Waals surface area contributed by atoms with Gasteiger partial charge < -0.3 is 14.7 Å². The van der Waals surface area contributed by atoms with Crippen molar-refractivity contribution in [3.63, 3.8) is 0 Å². The summed E-state index contributed by atoms with van der Waals surface area (Å²) >= 11 is 0. The number of pyridine rings is 1. The highest BCUT2D eigenvalue weighted by molar-refractivity contribution is 5.83. The Morgan fingerprint density at radius 2 is 1.78 bits per heavy atom. The van der Waals surface area contributed by atoms with Gasteiger partial charge in [-0.25, -0.2) is 8.78 Å². The minimum absolute atomic E-state index is 0.228. The molecule has 6 rings (SSSR count). The third-order valence-corrected chi connectivity index (χ3v) is 8.05. The Balaban J connectivity index is 1.17. The molecule has 3 aliphatic rings. The summed E-state index contributed by atoms with van der Waals surface area (Å²) < 4.78 is 34.0. The van der Waals surface area contributed by atoms with Crippen molar-refractivity contribution in [1.29, 1.82) is 0 Å². The van der Waals surface area contributed by atoms with Crippen LogP contribution in [0.5, 0.6) is 0 Å². The summed E-state index contributed by atoms with van der Waals surface area (Å²) in [6.45, 7) is 3.60. The van der Waals surface area contributed by atoms with E-state index in [1.54, 1.807) is 4.90 Å². The van der Waals surface area contributed by atoms with E-state index in [0.717, 1.165) is 55.7 Å². The zero-order valence-electron chi connectivity index (χ0n) is 20.4. The van der Waals surface area contributed by atoms with Crippen molar-refractivity contribution in [3.05, 3.63) is 100 Å². The zero-order chi connectivity index (χ0) is 25.6. The largest absolute Gasteiger partial charge is 0.383 e. The van der Waals surface area contributed by atoms with Gasteiger partial charge in [0.25, 0.3) is 5.91 Å². The topological polar surface area (TPSA) is 65.9 Å². The Hall–Kier alpha value is -3.20. The van der Waals surface area contributed by atoms with Gasteiger partial charge in [-0.15, -0.1) is 0 Å².